The Hall–Kier alpha value is -1.95. The molecule has 0 aliphatic carbocycles. The fraction of sp³-hybridized carbons (Fsp3) is 0.458. The molecule has 2 aromatic carbocycles. The maximum absolute atomic E-state index is 13.1. The van der Waals surface area contributed by atoms with E-state index in [1.807, 2.05) is 37.3 Å². The lowest BCUT2D eigenvalue weighted by molar-refractivity contribution is 0.0824. The first-order chi connectivity index (χ1) is 15.0. The fourth-order valence-electron chi connectivity index (χ4n) is 4.91. The summed E-state index contributed by atoms with van der Waals surface area (Å²) in [6.07, 6.45) is 4.19. The first-order valence-electron chi connectivity index (χ1n) is 10.8. The maximum atomic E-state index is 13.1. The van der Waals surface area contributed by atoms with E-state index in [2.05, 4.69) is 10.2 Å². The molecule has 2 heterocycles. The van der Waals surface area contributed by atoms with Crippen molar-refractivity contribution in [1.29, 1.82) is 0 Å². The van der Waals surface area contributed by atoms with E-state index >= 15 is 0 Å². The molecule has 2 fully saturated rings. The number of fused-ring (bicyclic) bond motifs is 2. The van der Waals surface area contributed by atoms with Gasteiger partial charge in [0.25, 0.3) is 5.91 Å². The quantitative estimate of drug-likeness (QED) is 0.604. The number of rotatable bonds is 7. The summed E-state index contributed by atoms with van der Waals surface area (Å²) in [5.74, 6) is 0.973. The third kappa shape index (κ3) is 4.79. The van der Waals surface area contributed by atoms with E-state index in [1.54, 1.807) is 13.2 Å². The molecule has 0 spiro atoms. The number of amides is 1. The largest absolute Gasteiger partial charge is 0.493 e. The van der Waals surface area contributed by atoms with Crippen LogP contribution >= 0.6 is 23.2 Å². The Bertz CT molecular complexity index is 938. The molecule has 166 valence electrons. The van der Waals surface area contributed by atoms with E-state index in [0.29, 0.717) is 45.8 Å². The molecule has 7 heteroatoms. The summed E-state index contributed by atoms with van der Waals surface area (Å²) in [7, 11) is 1.58. The molecule has 2 aliphatic rings. The van der Waals surface area contributed by atoms with Crippen LogP contribution in [0.15, 0.2) is 36.4 Å². The van der Waals surface area contributed by atoms with Crippen molar-refractivity contribution in [1.82, 2.24) is 10.2 Å². The lowest BCUT2D eigenvalue weighted by Gasteiger charge is -2.39. The number of carbonyl (C=O) groups excluding carboxylic acids is 1. The molecule has 5 nitrogen and oxygen atoms in total. The predicted octanol–water partition coefficient (Wildman–Crippen LogP) is 5.33. The lowest BCUT2D eigenvalue weighted by atomic mass is 9.96. The molecule has 0 aromatic heterocycles. The van der Waals surface area contributed by atoms with Crippen LogP contribution in [0.5, 0.6) is 11.5 Å². The van der Waals surface area contributed by atoms with Crippen LogP contribution in [-0.4, -0.2) is 42.6 Å². The number of hydrogen-bond acceptors (Lipinski definition) is 4. The Kier molecular flexibility index (Phi) is 6.95. The van der Waals surface area contributed by atoms with Crippen LogP contribution in [0.3, 0.4) is 0 Å². The number of hydrogen-bond donors (Lipinski definition) is 1. The van der Waals surface area contributed by atoms with Crippen LogP contribution in [-0.2, 0) is 6.54 Å². The summed E-state index contributed by atoms with van der Waals surface area (Å²) in [5.41, 5.74) is 1.69. The van der Waals surface area contributed by atoms with E-state index in [0.717, 1.165) is 32.2 Å². The number of methoxy groups -OCH3 is 1. The van der Waals surface area contributed by atoms with Crippen LogP contribution in [0.4, 0.5) is 0 Å². The van der Waals surface area contributed by atoms with Gasteiger partial charge in [0.1, 0.15) is 0 Å². The minimum atomic E-state index is -0.107. The lowest BCUT2D eigenvalue weighted by Crippen LogP contribution is -2.50. The van der Waals surface area contributed by atoms with Gasteiger partial charge in [0, 0.05) is 24.7 Å². The van der Waals surface area contributed by atoms with Crippen molar-refractivity contribution in [2.45, 2.75) is 57.3 Å². The average molecular weight is 463 g/mol. The molecule has 1 amide bonds. The summed E-state index contributed by atoms with van der Waals surface area (Å²) in [6, 6.07) is 12.3. The second-order valence-electron chi connectivity index (χ2n) is 8.22. The van der Waals surface area contributed by atoms with Crippen molar-refractivity contribution in [3.05, 3.63) is 57.6 Å². The van der Waals surface area contributed by atoms with Crippen LogP contribution in [0, 0.1) is 0 Å². The summed E-state index contributed by atoms with van der Waals surface area (Å²) >= 11 is 12.3. The van der Waals surface area contributed by atoms with Crippen molar-refractivity contribution < 1.29 is 14.3 Å². The maximum Gasteiger partial charge on any atom is 0.255 e. The van der Waals surface area contributed by atoms with Gasteiger partial charge in [0.05, 0.1) is 29.3 Å². The first kappa shape index (κ1) is 22.3. The van der Waals surface area contributed by atoms with Gasteiger partial charge in [-0.15, -0.1) is 0 Å². The highest BCUT2D eigenvalue weighted by Crippen LogP contribution is 2.38. The molecule has 2 aromatic rings. The van der Waals surface area contributed by atoms with Crippen molar-refractivity contribution in [3.8, 4) is 11.5 Å². The minimum absolute atomic E-state index is 0.107. The highest BCUT2D eigenvalue weighted by Gasteiger charge is 2.41. The molecule has 0 radical (unpaired) electrons. The van der Waals surface area contributed by atoms with Gasteiger partial charge in [-0.05, 0) is 62.4 Å². The number of nitrogens with one attached hydrogen (secondary N) is 1. The summed E-state index contributed by atoms with van der Waals surface area (Å²) < 4.78 is 11.1. The molecule has 2 bridgehead atoms. The smallest absolute Gasteiger partial charge is 0.255 e. The number of para-hydroxylation sites is 1. The number of nitrogens with zero attached hydrogens (tertiary/aromatic N) is 1. The van der Waals surface area contributed by atoms with E-state index in [9.17, 15) is 4.79 Å². The van der Waals surface area contributed by atoms with Crippen LogP contribution in [0.25, 0.3) is 0 Å². The third-order valence-corrected chi connectivity index (χ3v) is 7.04. The molecular weight excluding hydrogens is 435 g/mol. The highest BCUT2D eigenvalue weighted by atomic mass is 35.5. The number of carbonyl (C=O) groups is 1. The number of benzene rings is 2. The summed E-state index contributed by atoms with van der Waals surface area (Å²) in [5, 5.41) is 4.42. The Morgan fingerprint density at radius 2 is 1.87 bits per heavy atom. The van der Waals surface area contributed by atoms with Gasteiger partial charge in [-0.3, -0.25) is 9.69 Å². The van der Waals surface area contributed by atoms with E-state index in [-0.39, 0.29) is 11.9 Å². The Balaban J connectivity index is 1.43. The number of halogens is 2. The monoisotopic (exact) mass is 462 g/mol. The summed E-state index contributed by atoms with van der Waals surface area (Å²) in [6.45, 7) is 3.23. The predicted molar refractivity (Wildman–Crippen MR) is 123 cm³/mol. The molecule has 2 unspecified atom stereocenters. The van der Waals surface area contributed by atoms with Gasteiger partial charge >= 0.3 is 0 Å². The number of piperidine rings is 1. The standard InChI is InChI=1S/C24H28Cl2N2O3/c1-3-31-23-19(5-4-6-22(23)30-2)24(29)27-16-12-17-8-9-18(13-16)28(17)14-15-7-10-20(25)21(26)11-15/h4-7,10-11,16-18H,3,8-9,12-14H2,1-2H3,(H,27,29). The zero-order chi connectivity index (χ0) is 22.0. The highest BCUT2D eigenvalue weighted by molar-refractivity contribution is 6.42. The van der Waals surface area contributed by atoms with E-state index in [1.165, 1.54) is 5.56 Å². The van der Waals surface area contributed by atoms with Crippen molar-refractivity contribution >= 4 is 29.1 Å². The zero-order valence-corrected chi connectivity index (χ0v) is 19.4. The van der Waals surface area contributed by atoms with Crippen LogP contribution in [0.1, 0.15) is 48.5 Å². The Labute approximate surface area is 193 Å². The Morgan fingerprint density at radius 1 is 1.13 bits per heavy atom. The van der Waals surface area contributed by atoms with Gasteiger partial charge in [0.15, 0.2) is 11.5 Å². The van der Waals surface area contributed by atoms with Gasteiger partial charge in [-0.1, -0.05) is 35.3 Å². The second-order valence-corrected chi connectivity index (χ2v) is 9.03. The Morgan fingerprint density at radius 3 is 2.52 bits per heavy atom. The topological polar surface area (TPSA) is 50.8 Å². The normalized spacial score (nSPS) is 22.9. The van der Waals surface area contributed by atoms with Crippen molar-refractivity contribution in [3.63, 3.8) is 0 Å². The second kappa shape index (κ2) is 9.68. The fourth-order valence-corrected chi connectivity index (χ4v) is 5.23. The zero-order valence-electron chi connectivity index (χ0n) is 17.9. The molecule has 0 saturated carbocycles. The average Bonchev–Trinajstić information content (AvgIpc) is 2.98. The van der Waals surface area contributed by atoms with Gasteiger partial charge in [0.2, 0.25) is 0 Å². The van der Waals surface area contributed by atoms with Gasteiger partial charge < -0.3 is 14.8 Å². The molecule has 31 heavy (non-hydrogen) atoms. The van der Waals surface area contributed by atoms with Gasteiger partial charge in [-0.25, -0.2) is 0 Å². The molecule has 1 N–H and O–H groups in total. The molecule has 4 rings (SSSR count). The van der Waals surface area contributed by atoms with Crippen molar-refractivity contribution in [2.75, 3.05) is 13.7 Å². The van der Waals surface area contributed by atoms with Crippen LogP contribution in [0.2, 0.25) is 10.0 Å². The van der Waals surface area contributed by atoms with Crippen LogP contribution < -0.4 is 14.8 Å². The van der Waals surface area contributed by atoms with Gasteiger partial charge in [-0.2, -0.15) is 0 Å². The minimum Gasteiger partial charge on any atom is -0.493 e. The van der Waals surface area contributed by atoms with Crippen molar-refractivity contribution in [2.24, 2.45) is 0 Å². The molecular formula is C24H28Cl2N2O3. The number of ether oxygens (including phenoxy) is 2. The summed E-state index contributed by atoms with van der Waals surface area (Å²) in [4.78, 5) is 15.6. The third-order valence-electron chi connectivity index (χ3n) is 6.30. The molecule has 2 aliphatic heterocycles. The SMILES string of the molecule is CCOc1c(OC)cccc1C(=O)NC1CC2CCC(C1)N2Cc1ccc(Cl)c(Cl)c1. The first-order valence-corrected chi connectivity index (χ1v) is 11.6. The molecule has 2 saturated heterocycles. The molecule has 2 atom stereocenters. The van der Waals surface area contributed by atoms with E-state index < -0.39 is 0 Å². The van der Waals surface area contributed by atoms with E-state index in [4.69, 9.17) is 32.7 Å².